The van der Waals surface area contributed by atoms with Crippen LogP contribution in [0.15, 0.2) is 24.8 Å². The van der Waals surface area contributed by atoms with Crippen LogP contribution in [0.2, 0.25) is 5.02 Å². The number of hydrogen-bond acceptors (Lipinski definition) is 4. The summed E-state index contributed by atoms with van der Waals surface area (Å²) in [6, 6.07) is 3.42. The predicted molar refractivity (Wildman–Crippen MR) is 95.1 cm³/mol. The highest BCUT2D eigenvalue weighted by atomic mass is 35.5. The van der Waals surface area contributed by atoms with Gasteiger partial charge in [-0.3, -0.25) is 9.69 Å². The van der Waals surface area contributed by atoms with Crippen molar-refractivity contribution in [1.29, 1.82) is 0 Å². The van der Waals surface area contributed by atoms with Gasteiger partial charge in [0.05, 0.1) is 17.8 Å². The van der Waals surface area contributed by atoms with Crippen molar-refractivity contribution in [3.05, 3.63) is 35.4 Å². The second kappa shape index (κ2) is 8.37. The van der Waals surface area contributed by atoms with Crippen molar-refractivity contribution in [3.8, 4) is 5.75 Å². The zero-order chi connectivity index (χ0) is 16.8. The molecular formula is C18H25ClN2O2. The van der Waals surface area contributed by atoms with Gasteiger partial charge in [-0.25, -0.2) is 0 Å². The number of nitrogen functional groups attached to an aromatic ring is 1. The maximum atomic E-state index is 12.4. The summed E-state index contributed by atoms with van der Waals surface area (Å²) < 4.78 is 5.31. The van der Waals surface area contributed by atoms with Gasteiger partial charge in [0, 0.05) is 31.0 Å². The van der Waals surface area contributed by atoms with E-state index in [-0.39, 0.29) is 5.78 Å². The number of anilines is 1. The minimum atomic E-state index is 0.228. The number of benzene rings is 1. The molecule has 1 heterocycles. The maximum Gasteiger partial charge on any atom is 0.137 e. The summed E-state index contributed by atoms with van der Waals surface area (Å²) in [6.45, 7) is 6.79. The van der Waals surface area contributed by atoms with Crippen molar-refractivity contribution in [2.24, 2.45) is 5.92 Å². The summed E-state index contributed by atoms with van der Waals surface area (Å²) in [5.74, 6) is 1.33. The molecule has 0 saturated carbocycles. The Morgan fingerprint density at radius 2 is 2.17 bits per heavy atom. The SMILES string of the molecule is C=CCN1CCC(CC(=O)Cc2cc(Cl)c(N)cc2OC)CC1. The van der Waals surface area contributed by atoms with Crippen molar-refractivity contribution in [1.82, 2.24) is 4.90 Å². The van der Waals surface area contributed by atoms with Crippen LogP contribution in [-0.2, 0) is 11.2 Å². The normalized spacial score (nSPS) is 16.3. The number of ketones is 1. The lowest BCUT2D eigenvalue weighted by Crippen LogP contribution is -2.34. The van der Waals surface area contributed by atoms with Crippen molar-refractivity contribution >= 4 is 23.1 Å². The second-order valence-corrected chi connectivity index (χ2v) is 6.55. The molecule has 0 unspecified atom stereocenters. The molecule has 1 fully saturated rings. The lowest BCUT2D eigenvalue weighted by molar-refractivity contribution is -0.119. The van der Waals surface area contributed by atoms with Crippen molar-refractivity contribution in [3.63, 3.8) is 0 Å². The Bertz CT molecular complexity index is 566. The fourth-order valence-corrected chi connectivity index (χ4v) is 3.29. The highest BCUT2D eigenvalue weighted by Gasteiger charge is 2.21. The Balaban J connectivity index is 1.90. The molecule has 1 aromatic carbocycles. The average molecular weight is 337 g/mol. The fraction of sp³-hybridized carbons (Fsp3) is 0.500. The molecule has 126 valence electrons. The van der Waals surface area contributed by atoms with Crippen molar-refractivity contribution in [2.45, 2.75) is 25.7 Å². The average Bonchev–Trinajstić information content (AvgIpc) is 2.53. The number of carbonyl (C=O) groups excluding carboxylic acids is 1. The van der Waals surface area contributed by atoms with Gasteiger partial charge in [0.1, 0.15) is 11.5 Å². The number of nitrogens with two attached hydrogens (primary N) is 1. The van der Waals surface area contributed by atoms with E-state index in [1.165, 1.54) is 0 Å². The lowest BCUT2D eigenvalue weighted by Gasteiger charge is -2.30. The third-order valence-corrected chi connectivity index (χ3v) is 4.73. The third-order valence-electron chi connectivity index (χ3n) is 4.40. The van der Waals surface area contributed by atoms with E-state index in [0.717, 1.165) is 38.0 Å². The first-order valence-corrected chi connectivity index (χ1v) is 8.38. The highest BCUT2D eigenvalue weighted by Crippen LogP contribution is 2.30. The molecule has 1 aliphatic heterocycles. The van der Waals surface area contributed by atoms with E-state index < -0.39 is 0 Å². The summed E-state index contributed by atoms with van der Waals surface area (Å²) in [7, 11) is 1.58. The number of piperidine rings is 1. The molecule has 0 aromatic heterocycles. The van der Waals surface area contributed by atoms with Gasteiger partial charge >= 0.3 is 0 Å². The number of halogens is 1. The van der Waals surface area contributed by atoms with Gasteiger partial charge < -0.3 is 10.5 Å². The Kier molecular flexibility index (Phi) is 6.48. The van der Waals surface area contributed by atoms with Crippen molar-refractivity contribution < 1.29 is 9.53 Å². The van der Waals surface area contributed by atoms with E-state index in [2.05, 4.69) is 11.5 Å². The molecule has 0 radical (unpaired) electrons. The van der Waals surface area contributed by atoms with E-state index in [4.69, 9.17) is 22.1 Å². The van der Waals surface area contributed by atoms with Gasteiger partial charge in [-0.2, -0.15) is 0 Å². The van der Waals surface area contributed by atoms with Gasteiger partial charge in [0.2, 0.25) is 0 Å². The molecule has 0 atom stereocenters. The molecule has 1 saturated heterocycles. The first kappa shape index (κ1) is 17.8. The minimum absolute atomic E-state index is 0.228. The minimum Gasteiger partial charge on any atom is -0.496 e. The molecule has 0 amide bonds. The predicted octanol–water partition coefficient (Wildman–Crippen LogP) is 3.33. The summed E-state index contributed by atoms with van der Waals surface area (Å²) in [4.78, 5) is 14.8. The molecule has 5 heteroatoms. The lowest BCUT2D eigenvalue weighted by atomic mass is 9.90. The molecule has 1 aliphatic rings. The molecule has 0 aliphatic carbocycles. The van der Waals surface area contributed by atoms with Crippen molar-refractivity contribution in [2.75, 3.05) is 32.5 Å². The molecule has 2 N–H and O–H groups in total. The van der Waals surface area contributed by atoms with E-state index in [0.29, 0.717) is 35.2 Å². The highest BCUT2D eigenvalue weighted by molar-refractivity contribution is 6.33. The summed E-state index contributed by atoms with van der Waals surface area (Å²) >= 11 is 6.06. The molecule has 2 rings (SSSR count). The number of ether oxygens (including phenoxy) is 1. The van der Waals surface area contributed by atoms with E-state index in [1.807, 2.05) is 6.08 Å². The summed E-state index contributed by atoms with van der Waals surface area (Å²) in [5.41, 5.74) is 7.05. The van der Waals surface area contributed by atoms with E-state index >= 15 is 0 Å². The number of carbonyl (C=O) groups is 1. The Morgan fingerprint density at radius 1 is 1.48 bits per heavy atom. The molecule has 23 heavy (non-hydrogen) atoms. The van der Waals surface area contributed by atoms with Crippen LogP contribution in [0, 0.1) is 5.92 Å². The fourth-order valence-electron chi connectivity index (χ4n) is 3.10. The zero-order valence-electron chi connectivity index (χ0n) is 13.7. The molecule has 1 aromatic rings. The van der Waals surface area contributed by atoms with Gasteiger partial charge in [-0.05, 0) is 37.9 Å². The first-order valence-electron chi connectivity index (χ1n) is 8.00. The number of hydrogen-bond donors (Lipinski definition) is 1. The largest absolute Gasteiger partial charge is 0.496 e. The van der Waals surface area contributed by atoms with Crippen LogP contribution < -0.4 is 10.5 Å². The Labute approximate surface area is 143 Å². The van der Waals surface area contributed by atoms with Gasteiger partial charge in [0.25, 0.3) is 0 Å². The van der Waals surface area contributed by atoms with Crippen LogP contribution in [0.1, 0.15) is 24.8 Å². The second-order valence-electron chi connectivity index (χ2n) is 6.14. The monoisotopic (exact) mass is 336 g/mol. The van der Waals surface area contributed by atoms with Gasteiger partial charge in [-0.1, -0.05) is 17.7 Å². The zero-order valence-corrected chi connectivity index (χ0v) is 14.4. The van der Waals surface area contributed by atoms with Gasteiger partial charge in [-0.15, -0.1) is 6.58 Å². The van der Waals surface area contributed by atoms with Crippen LogP contribution in [0.5, 0.6) is 5.75 Å². The Morgan fingerprint density at radius 3 is 2.78 bits per heavy atom. The Hall–Kier alpha value is -1.52. The molecule has 0 spiro atoms. The van der Waals surface area contributed by atoms with E-state index in [9.17, 15) is 4.79 Å². The van der Waals surface area contributed by atoms with Crippen LogP contribution in [0.4, 0.5) is 5.69 Å². The van der Waals surface area contributed by atoms with Gasteiger partial charge in [0.15, 0.2) is 0 Å². The first-order chi connectivity index (χ1) is 11.0. The van der Waals surface area contributed by atoms with Crippen LogP contribution >= 0.6 is 11.6 Å². The summed E-state index contributed by atoms with van der Waals surface area (Å²) in [5, 5.41) is 0.464. The molecular weight excluding hydrogens is 312 g/mol. The number of rotatable bonds is 7. The van der Waals surface area contributed by atoms with Crippen LogP contribution in [0.25, 0.3) is 0 Å². The van der Waals surface area contributed by atoms with Crippen LogP contribution in [0.3, 0.4) is 0 Å². The summed E-state index contributed by atoms with van der Waals surface area (Å²) in [6.07, 6.45) is 5.03. The quantitative estimate of drug-likeness (QED) is 0.613. The smallest absolute Gasteiger partial charge is 0.137 e. The maximum absolute atomic E-state index is 12.4. The molecule has 0 bridgehead atoms. The topological polar surface area (TPSA) is 55.6 Å². The number of Topliss-reactive ketones (excluding diaryl/α,β-unsaturated/α-hetero) is 1. The number of likely N-dealkylation sites (tertiary alicyclic amines) is 1. The van der Waals surface area contributed by atoms with Crippen LogP contribution in [-0.4, -0.2) is 37.4 Å². The van der Waals surface area contributed by atoms with E-state index in [1.54, 1.807) is 19.2 Å². The number of nitrogens with zero attached hydrogens (tertiary/aromatic N) is 1. The number of methoxy groups -OCH3 is 1. The standard InChI is InChI=1S/C18H25ClN2O2/c1-3-6-21-7-4-13(5-8-21)9-15(22)10-14-11-16(19)17(20)12-18(14)23-2/h3,11-13H,1,4-10,20H2,2H3. The third kappa shape index (κ3) is 4.98. The molecule has 4 nitrogen and oxygen atoms in total.